The smallest absolute Gasteiger partial charge is 0.279 e. The maximum atomic E-state index is 14.5. The first-order valence-electron chi connectivity index (χ1n) is 14.9. The van der Waals surface area contributed by atoms with E-state index >= 15 is 0 Å². The average molecular weight is 590 g/mol. The predicted octanol–water partition coefficient (Wildman–Crippen LogP) is 5.54. The summed E-state index contributed by atoms with van der Waals surface area (Å²) < 4.78 is 8.25. The molecule has 0 radical (unpaired) electrons. The Labute approximate surface area is 248 Å². The molecule has 1 fully saturated rings. The van der Waals surface area contributed by atoms with Gasteiger partial charge >= 0.3 is 0 Å². The summed E-state index contributed by atoms with van der Waals surface area (Å²) in [6.45, 7) is 12.3. The number of carbonyl (C=O) groups excluding carboxylic acids is 1. The molecule has 4 atom stereocenters. The van der Waals surface area contributed by atoms with Crippen LogP contribution in [0.5, 0.6) is 0 Å². The van der Waals surface area contributed by atoms with Gasteiger partial charge < -0.3 is 19.5 Å². The molecule has 1 aromatic heterocycles. The lowest BCUT2D eigenvalue weighted by molar-refractivity contribution is -0.146. The molecule has 42 heavy (non-hydrogen) atoms. The monoisotopic (exact) mass is 589 g/mol. The number of nitrogens with zero attached hydrogens (tertiary/aromatic N) is 2. The van der Waals surface area contributed by atoms with Crippen molar-refractivity contribution in [2.75, 3.05) is 18.1 Å². The van der Waals surface area contributed by atoms with Gasteiger partial charge in [-0.1, -0.05) is 42.4 Å². The quantitative estimate of drug-likeness (QED) is 0.224. The molecule has 0 bridgehead atoms. The number of hydrogen-bond donors (Lipinski definition) is 3. The number of nitrogens with one attached hydrogen (secondary N) is 1. The molecule has 1 amide bonds. The number of carbonyl (C=O) groups is 1. The minimum Gasteiger partial charge on any atom is -0.432 e. The van der Waals surface area contributed by atoms with E-state index in [0.29, 0.717) is 29.6 Å². The number of aliphatic hydroxyl groups excluding tert-OH is 1. The van der Waals surface area contributed by atoms with Gasteiger partial charge in [-0.3, -0.25) is 14.7 Å². The lowest BCUT2D eigenvalue weighted by Crippen LogP contribution is -2.46. The number of benzene rings is 2. The highest BCUT2D eigenvalue weighted by molar-refractivity contribution is 6.71. The molecule has 1 saturated heterocycles. The third-order valence-electron chi connectivity index (χ3n) is 8.95. The summed E-state index contributed by atoms with van der Waals surface area (Å²) in [7, 11) is -2.81. The summed E-state index contributed by atoms with van der Waals surface area (Å²) in [6.07, 6.45) is 6.04. The van der Waals surface area contributed by atoms with Crippen molar-refractivity contribution in [1.82, 2.24) is 9.78 Å². The average Bonchev–Trinajstić information content (AvgIpc) is 3.50. The predicted molar refractivity (Wildman–Crippen MR) is 170 cm³/mol. The van der Waals surface area contributed by atoms with Crippen LogP contribution in [0, 0.1) is 5.92 Å². The van der Waals surface area contributed by atoms with Crippen LogP contribution in [0.1, 0.15) is 52.5 Å². The minimum atomic E-state index is -2.81. The number of aromatic nitrogens is 2. The largest absolute Gasteiger partial charge is 0.432 e. The first-order chi connectivity index (χ1) is 19.9. The highest BCUT2D eigenvalue weighted by atomic mass is 28.4. The Hall–Kier alpha value is -3.24. The van der Waals surface area contributed by atoms with Crippen LogP contribution in [0.4, 0.5) is 5.69 Å². The lowest BCUT2D eigenvalue weighted by atomic mass is 9.82. The maximum Gasteiger partial charge on any atom is 0.279 e. The topological polar surface area (TPSA) is 108 Å². The van der Waals surface area contributed by atoms with Crippen LogP contribution < -0.4 is 10.5 Å². The first-order valence-corrected chi connectivity index (χ1v) is 17.9. The van der Waals surface area contributed by atoms with Crippen LogP contribution in [0.25, 0.3) is 16.6 Å². The highest BCUT2D eigenvalue weighted by Crippen LogP contribution is 2.59. The zero-order chi connectivity index (χ0) is 30.4. The van der Waals surface area contributed by atoms with E-state index in [4.69, 9.17) is 4.74 Å². The van der Waals surface area contributed by atoms with E-state index in [-0.39, 0.29) is 29.5 Å². The van der Waals surface area contributed by atoms with Crippen LogP contribution in [0.3, 0.4) is 0 Å². The second-order valence-electron chi connectivity index (χ2n) is 12.7. The zero-order valence-corrected chi connectivity index (χ0v) is 26.5. The second-order valence-corrected chi connectivity index (χ2v) is 16.6. The van der Waals surface area contributed by atoms with Crippen molar-refractivity contribution in [3.8, 4) is 5.69 Å². The fourth-order valence-corrected chi connectivity index (χ4v) is 9.56. The lowest BCUT2D eigenvalue weighted by Gasteiger charge is -2.32. The van der Waals surface area contributed by atoms with Crippen LogP contribution in [-0.2, 0) is 15.1 Å². The number of rotatable bonds is 9. The maximum absolute atomic E-state index is 14.5. The normalized spacial score (nSPS) is 24.2. The molecule has 5 rings (SSSR count). The van der Waals surface area contributed by atoms with Crippen molar-refractivity contribution in [1.29, 1.82) is 0 Å². The van der Waals surface area contributed by atoms with Crippen molar-refractivity contribution >= 4 is 30.8 Å². The molecule has 3 heterocycles. The van der Waals surface area contributed by atoms with Crippen molar-refractivity contribution < 1.29 is 19.4 Å². The molecule has 2 aliphatic heterocycles. The minimum absolute atomic E-state index is 0.0999. The summed E-state index contributed by atoms with van der Waals surface area (Å²) in [6, 6.07) is 13.0. The van der Waals surface area contributed by atoms with Crippen molar-refractivity contribution in [2.24, 2.45) is 5.92 Å². The molecule has 1 spiro atoms. The molecular formula is C33H43N3O5Si. The van der Waals surface area contributed by atoms with E-state index in [0.717, 1.165) is 24.0 Å². The summed E-state index contributed by atoms with van der Waals surface area (Å²) in [5.41, 5.74) is 3.50. The van der Waals surface area contributed by atoms with Gasteiger partial charge in [0.2, 0.25) is 0 Å². The number of H-pyrrole nitrogens is 1. The number of hydrogen-bond acceptors (Lipinski definition) is 5. The van der Waals surface area contributed by atoms with Gasteiger partial charge in [-0.25, -0.2) is 4.68 Å². The number of allylic oxidation sites excluding steroid dienone is 3. The van der Waals surface area contributed by atoms with E-state index in [9.17, 15) is 19.5 Å². The van der Waals surface area contributed by atoms with Gasteiger partial charge in [0, 0.05) is 30.2 Å². The van der Waals surface area contributed by atoms with E-state index in [1.54, 1.807) is 11.0 Å². The van der Waals surface area contributed by atoms with Crippen LogP contribution in [0.2, 0.25) is 18.6 Å². The second kappa shape index (κ2) is 11.4. The molecule has 3 aromatic rings. The van der Waals surface area contributed by atoms with Gasteiger partial charge in [0.05, 0.1) is 28.4 Å². The molecule has 0 unspecified atom stereocenters. The SMILES string of the molecule is CC(C)=CCC/C(C)=C/CN1C(=O)[C@]2(O[C@H](CCO)[C@@H]([Si](C)(C)O)[C@@H]2C)c2cc(-n3[nH]c4ccccc4c3=O)ccc21. The van der Waals surface area contributed by atoms with Gasteiger partial charge in [0.1, 0.15) is 0 Å². The van der Waals surface area contributed by atoms with Crippen molar-refractivity contribution in [3.63, 3.8) is 0 Å². The third-order valence-corrected chi connectivity index (χ3v) is 11.4. The molecule has 224 valence electrons. The van der Waals surface area contributed by atoms with E-state index in [1.807, 2.05) is 56.4 Å². The van der Waals surface area contributed by atoms with Crippen molar-refractivity contribution in [2.45, 2.75) is 77.3 Å². The summed E-state index contributed by atoms with van der Waals surface area (Å²) in [5, 5.41) is 13.7. The Morgan fingerprint density at radius 2 is 1.86 bits per heavy atom. The first kappa shape index (κ1) is 30.2. The summed E-state index contributed by atoms with van der Waals surface area (Å²) >= 11 is 0. The molecule has 0 saturated carbocycles. The number of para-hydroxylation sites is 1. The molecule has 2 aliphatic rings. The Morgan fingerprint density at radius 1 is 1.12 bits per heavy atom. The molecule has 3 N–H and O–H groups in total. The Bertz CT molecular complexity index is 1610. The number of aliphatic hydroxyl groups is 1. The standard InChI is InChI=1S/C33H43N3O5Si/c1-21(2)10-9-11-22(3)16-18-35-28-15-14-24(36-31(38)25-12-7-8-13-27(25)34-36)20-26(28)33(32(35)39)23(4)30(42(5,6)40)29(41-33)17-19-37/h7-8,10,12-16,20,23,29-30,34,37,40H,9,11,17-19H2,1-6H3/b22-16+/t23-,29+,30-,33+/m0/s1. The van der Waals surface area contributed by atoms with Gasteiger partial charge in [-0.2, -0.15) is 0 Å². The van der Waals surface area contributed by atoms with E-state index in [1.165, 1.54) is 15.8 Å². The van der Waals surface area contributed by atoms with Gasteiger partial charge in [-0.05, 0) is 83.5 Å². The molecule has 8 nitrogen and oxygen atoms in total. The molecule has 9 heteroatoms. The fourth-order valence-electron chi connectivity index (χ4n) is 6.96. The van der Waals surface area contributed by atoms with Gasteiger partial charge in [-0.15, -0.1) is 0 Å². The molecule has 2 aromatic carbocycles. The summed E-state index contributed by atoms with van der Waals surface area (Å²) in [4.78, 5) is 41.0. The number of aromatic amines is 1. The van der Waals surface area contributed by atoms with Crippen LogP contribution in [0.15, 0.2) is 70.6 Å². The fraction of sp³-hybridized carbons (Fsp3) is 0.455. The van der Waals surface area contributed by atoms with Crippen molar-refractivity contribution in [3.05, 3.63) is 81.7 Å². The zero-order valence-electron chi connectivity index (χ0n) is 25.5. The van der Waals surface area contributed by atoms with E-state index < -0.39 is 20.0 Å². The highest BCUT2D eigenvalue weighted by Gasteiger charge is 2.66. The number of anilines is 1. The summed E-state index contributed by atoms with van der Waals surface area (Å²) in [5.74, 6) is -0.502. The van der Waals surface area contributed by atoms with Gasteiger partial charge in [0.15, 0.2) is 13.9 Å². The third kappa shape index (κ3) is 5.13. The molecule has 0 aliphatic carbocycles. The van der Waals surface area contributed by atoms with Crippen LogP contribution in [-0.4, -0.2) is 53.2 Å². The Kier molecular flexibility index (Phi) is 8.24. The van der Waals surface area contributed by atoms with Gasteiger partial charge in [0.25, 0.3) is 11.5 Å². The Morgan fingerprint density at radius 3 is 2.52 bits per heavy atom. The molecular weight excluding hydrogens is 546 g/mol. The Balaban J connectivity index is 1.62. The number of amides is 1. The van der Waals surface area contributed by atoms with E-state index in [2.05, 4.69) is 38.0 Å². The number of fused-ring (bicyclic) bond motifs is 3. The number of ether oxygens (including phenoxy) is 1. The van der Waals surface area contributed by atoms with Crippen LogP contribution >= 0.6 is 0 Å².